The largest absolute Gasteiger partial charge is 0.441 e. The third-order valence-corrected chi connectivity index (χ3v) is 4.63. The van der Waals surface area contributed by atoms with E-state index in [9.17, 15) is 13.6 Å². The second kappa shape index (κ2) is 7.98. The van der Waals surface area contributed by atoms with Gasteiger partial charge >= 0.3 is 0 Å². The van der Waals surface area contributed by atoms with Crippen LogP contribution in [0.1, 0.15) is 27.5 Å². The number of carbonyl (C=O) groups excluding carboxylic acids is 1. The molecule has 0 atom stereocenters. The molecule has 8 nitrogen and oxygen atoms in total. The van der Waals surface area contributed by atoms with Crippen LogP contribution >= 0.6 is 0 Å². The van der Waals surface area contributed by atoms with Crippen molar-refractivity contribution in [3.63, 3.8) is 0 Å². The van der Waals surface area contributed by atoms with E-state index < -0.39 is 17.5 Å². The minimum atomic E-state index is -0.916. The number of benzene rings is 2. The molecule has 31 heavy (non-hydrogen) atoms. The Kier molecular flexibility index (Phi) is 5.20. The standard InChI is InChI=1S/C21H18F2N6O2/c1-11-4-3-5-13(8-11)21-26-17(12(2)31-21)10-29-19(24)18(27-28-29)20(30)25-16-7-6-14(22)9-15(16)23/h3-9H,10,24H2,1-2H3,(H,25,30). The monoisotopic (exact) mass is 424 g/mol. The van der Waals surface area contributed by atoms with Crippen LogP contribution in [-0.2, 0) is 6.54 Å². The molecule has 2 heterocycles. The Hall–Kier alpha value is -4.08. The SMILES string of the molecule is Cc1cccc(-c2nc(Cn3nnc(C(=O)Nc4ccc(F)cc4F)c3N)c(C)o2)c1. The van der Waals surface area contributed by atoms with Crippen LogP contribution in [0.5, 0.6) is 0 Å². The fourth-order valence-corrected chi connectivity index (χ4v) is 2.99. The first-order chi connectivity index (χ1) is 14.8. The molecule has 0 aliphatic carbocycles. The molecular weight excluding hydrogens is 406 g/mol. The van der Waals surface area contributed by atoms with Gasteiger partial charge in [0.05, 0.1) is 12.2 Å². The Morgan fingerprint density at radius 1 is 1.19 bits per heavy atom. The first kappa shape index (κ1) is 20.2. The molecule has 0 bridgehead atoms. The Bertz CT molecular complexity index is 1280. The third-order valence-electron chi connectivity index (χ3n) is 4.63. The average molecular weight is 424 g/mol. The molecule has 0 spiro atoms. The van der Waals surface area contributed by atoms with Gasteiger partial charge in [0.15, 0.2) is 11.5 Å². The Balaban J connectivity index is 1.54. The van der Waals surface area contributed by atoms with E-state index in [0.717, 1.165) is 23.3 Å². The smallest absolute Gasteiger partial charge is 0.280 e. The van der Waals surface area contributed by atoms with Crippen molar-refractivity contribution in [1.29, 1.82) is 0 Å². The van der Waals surface area contributed by atoms with E-state index in [1.54, 1.807) is 6.92 Å². The maximum Gasteiger partial charge on any atom is 0.280 e. The summed E-state index contributed by atoms with van der Waals surface area (Å²) < 4.78 is 33.9. The van der Waals surface area contributed by atoms with E-state index in [1.165, 1.54) is 4.68 Å². The lowest BCUT2D eigenvalue weighted by Gasteiger charge is -2.05. The van der Waals surface area contributed by atoms with Crippen LogP contribution in [0.25, 0.3) is 11.5 Å². The quantitative estimate of drug-likeness (QED) is 0.505. The van der Waals surface area contributed by atoms with Crippen LogP contribution < -0.4 is 11.1 Å². The van der Waals surface area contributed by atoms with Gasteiger partial charge in [0.25, 0.3) is 5.91 Å². The number of carbonyl (C=O) groups is 1. The summed E-state index contributed by atoms with van der Waals surface area (Å²) >= 11 is 0. The summed E-state index contributed by atoms with van der Waals surface area (Å²) in [5.41, 5.74) is 8.11. The van der Waals surface area contributed by atoms with Gasteiger partial charge in [0.2, 0.25) is 5.89 Å². The maximum atomic E-state index is 13.8. The molecule has 4 rings (SSSR count). The van der Waals surface area contributed by atoms with Crippen molar-refractivity contribution in [2.24, 2.45) is 0 Å². The van der Waals surface area contributed by atoms with Gasteiger partial charge in [0.1, 0.15) is 23.1 Å². The van der Waals surface area contributed by atoms with Crippen LogP contribution in [0, 0.1) is 25.5 Å². The number of nitrogens with zero attached hydrogens (tertiary/aromatic N) is 4. The molecule has 1 amide bonds. The first-order valence-corrected chi connectivity index (χ1v) is 9.30. The van der Waals surface area contributed by atoms with Gasteiger partial charge in [-0.1, -0.05) is 22.9 Å². The predicted molar refractivity (Wildman–Crippen MR) is 109 cm³/mol. The zero-order valence-corrected chi connectivity index (χ0v) is 16.7. The summed E-state index contributed by atoms with van der Waals surface area (Å²) in [6.07, 6.45) is 0. The molecule has 0 aliphatic rings. The summed E-state index contributed by atoms with van der Waals surface area (Å²) in [4.78, 5) is 16.9. The van der Waals surface area contributed by atoms with Crippen molar-refractivity contribution >= 4 is 17.4 Å². The number of nitrogen functional groups attached to an aromatic ring is 1. The number of nitrogens with one attached hydrogen (secondary N) is 1. The number of oxazole rings is 1. The van der Waals surface area contributed by atoms with Crippen LogP contribution in [0.2, 0.25) is 0 Å². The summed E-state index contributed by atoms with van der Waals surface area (Å²) in [5, 5.41) is 9.98. The van der Waals surface area contributed by atoms with E-state index in [-0.39, 0.29) is 23.7 Å². The fourth-order valence-electron chi connectivity index (χ4n) is 2.99. The van der Waals surface area contributed by atoms with Crippen molar-refractivity contribution in [2.75, 3.05) is 11.1 Å². The molecule has 3 N–H and O–H groups in total. The van der Waals surface area contributed by atoms with Gasteiger partial charge in [-0.05, 0) is 38.1 Å². The van der Waals surface area contributed by atoms with Crippen molar-refractivity contribution in [2.45, 2.75) is 20.4 Å². The van der Waals surface area contributed by atoms with E-state index in [4.69, 9.17) is 10.2 Å². The number of rotatable bonds is 5. The van der Waals surface area contributed by atoms with Gasteiger partial charge in [-0.25, -0.2) is 18.4 Å². The van der Waals surface area contributed by atoms with Gasteiger partial charge in [-0.2, -0.15) is 0 Å². The van der Waals surface area contributed by atoms with Gasteiger partial charge in [-0.15, -0.1) is 5.10 Å². The second-order valence-electron chi connectivity index (χ2n) is 6.95. The fraction of sp³-hybridized carbons (Fsp3) is 0.143. The van der Waals surface area contributed by atoms with E-state index in [0.29, 0.717) is 23.4 Å². The second-order valence-corrected chi connectivity index (χ2v) is 6.95. The number of aromatic nitrogens is 4. The number of anilines is 2. The number of amides is 1. The summed E-state index contributed by atoms with van der Waals surface area (Å²) in [5.74, 6) is -1.44. The molecule has 158 valence electrons. The molecule has 10 heteroatoms. The molecule has 0 aliphatic heterocycles. The lowest BCUT2D eigenvalue weighted by Crippen LogP contribution is -2.16. The molecule has 0 saturated carbocycles. The molecule has 4 aromatic rings. The maximum absolute atomic E-state index is 13.8. The zero-order chi connectivity index (χ0) is 22.1. The highest BCUT2D eigenvalue weighted by Gasteiger charge is 2.21. The molecule has 0 radical (unpaired) electrons. The lowest BCUT2D eigenvalue weighted by molar-refractivity contribution is 0.102. The third kappa shape index (κ3) is 4.13. The molecule has 2 aromatic heterocycles. The van der Waals surface area contributed by atoms with Gasteiger partial charge < -0.3 is 15.5 Å². The Labute approximate surface area is 175 Å². The van der Waals surface area contributed by atoms with Crippen molar-refractivity contribution in [3.05, 3.63) is 76.8 Å². The van der Waals surface area contributed by atoms with Crippen LogP contribution in [0.3, 0.4) is 0 Å². The predicted octanol–water partition coefficient (Wildman–Crippen LogP) is 3.71. The highest BCUT2D eigenvalue weighted by Crippen LogP contribution is 2.24. The van der Waals surface area contributed by atoms with Gasteiger partial charge in [0, 0.05) is 11.6 Å². The summed E-state index contributed by atoms with van der Waals surface area (Å²) in [6, 6.07) is 10.5. The number of nitrogens with two attached hydrogens (primary N) is 1. The highest BCUT2D eigenvalue weighted by molar-refractivity contribution is 6.05. The van der Waals surface area contributed by atoms with E-state index >= 15 is 0 Å². The zero-order valence-electron chi connectivity index (χ0n) is 16.7. The van der Waals surface area contributed by atoms with Crippen LogP contribution in [0.15, 0.2) is 46.9 Å². The molecule has 0 saturated heterocycles. The number of halogens is 2. The van der Waals surface area contributed by atoms with Crippen LogP contribution in [0.4, 0.5) is 20.3 Å². The minimum Gasteiger partial charge on any atom is -0.441 e. The van der Waals surface area contributed by atoms with Crippen molar-refractivity contribution in [3.8, 4) is 11.5 Å². The number of hydrogen-bond acceptors (Lipinski definition) is 6. The van der Waals surface area contributed by atoms with Crippen LogP contribution in [-0.4, -0.2) is 25.9 Å². The van der Waals surface area contributed by atoms with Crippen molar-refractivity contribution in [1.82, 2.24) is 20.0 Å². The normalized spacial score (nSPS) is 11.0. The highest BCUT2D eigenvalue weighted by atomic mass is 19.1. The Morgan fingerprint density at radius 3 is 2.74 bits per heavy atom. The topological polar surface area (TPSA) is 112 Å². The lowest BCUT2D eigenvalue weighted by atomic mass is 10.1. The van der Waals surface area contributed by atoms with E-state index in [1.807, 2.05) is 31.2 Å². The summed E-state index contributed by atoms with van der Waals surface area (Å²) in [6.45, 7) is 3.86. The minimum absolute atomic E-state index is 0.0282. The van der Waals surface area contributed by atoms with Gasteiger partial charge in [-0.3, -0.25) is 4.79 Å². The molecule has 0 fully saturated rings. The average Bonchev–Trinajstić information content (AvgIpc) is 3.27. The molecule has 2 aromatic carbocycles. The first-order valence-electron chi connectivity index (χ1n) is 9.30. The number of aryl methyl sites for hydroxylation is 2. The Morgan fingerprint density at radius 2 is 2.00 bits per heavy atom. The summed E-state index contributed by atoms with van der Waals surface area (Å²) in [7, 11) is 0. The molecule has 0 unspecified atom stereocenters. The number of hydrogen-bond donors (Lipinski definition) is 2. The van der Waals surface area contributed by atoms with E-state index in [2.05, 4.69) is 20.6 Å². The molecular formula is C21H18F2N6O2. The van der Waals surface area contributed by atoms with Crippen molar-refractivity contribution < 1.29 is 18.0 Å².